The van der Waals surface area contributed by atoms with E-state index >= 15 is 0 Å². The molecule has 1 aromatic rings. The molecule has 0 unspecified atom stereocenters. The Bertz CT molecular complexity index is 408. The van der Waals surface area contributed by atoms with Crippen molar-refractivity contribution in [1.29, 1.82) is 0 Å². The topological polar surface area (TPSA) is 58.2 Å². The van der Waals surface area contributed by atoms with E-state index in [4.69, 9.17) is 4.74 Å². The summed E-state index contributed by atoms with van der Waals surface area (Å²) in [7, 11) is 0. The lowest BCUT2D eigenvalue weighted by molar-refractivity contribution is -0.129. The van der Waals surface area contributed by atoms with Gasteiger partial charge in [0.1, 0.15) is 0 Å². The van der Waals surface area contributed by atoms with Crippen molar-refractivity contribution in [2.45, 2.75) is 39.7 Å². The molecule has 1 aliphatic rings. The molecular formula is C13H21N3O2. The first-order valence-corrected chi connectivity index (χ1v) is 6.51. The van der Waals surface area contributed by atoms with Crippen molar-refractivity contribution >= 4 is 5.91 Å². The third-order valence-corrected chi connectivity index (χ3v) is 3.51. The van der Waals surface area contributed by atoms with Crippen molar-refractivity contribution in [2.24, 2.45) is 0 Å². The highest BCUT2D eigenvalue weighted by Gasteiger charge is 2.27. The molecule has 1 N–H and O–H groups in total. The van der Waals surface area contributed by atoms with Crippen LogP contribution in [-0.2, 0) is 16.0 Å². The van der Waals surface area contributed by atoms with E-state index in [1.165, 1.54) is 0 Å². The van der Waals surface area contributed by atoms with Gasteiger partial charge in [0.15, 0.2) is 0 Å². The van der Waals surface area contributed by atoms with Gasteiger partial charge < -0.3 is 9.64 Å². The molecule has 18 heavy (non-hydrogen) atoms. The van der Waals surface area contributed by atoms with Crippen molar-refractivity contribution in [2.75, 3.05) is 19.7 Å². The molecule has 0 spiro atoms. The van der Waals surface area contributed by atoms with Crippen LogP contribution in [0.3, 0.4) is 0 Å². The molecule has 2 heterocycles. The zero-order valence-electron chi connectivity index (χ0n) is 11.3. The number of aryl methyl sites for hydroxylation is 2. The molecule has 0 aliphatic carbocycles. The predicted molar refractivity (Wildman–Crippen MR) is 68.4 cm³/mol. The number of carbonyl (C=O) groups excluding carboxylic acids is 1. The van der Waals surface area contributed by atoms with Gasteiger partial charge in [0.25, 0.3) is 0 Å². The number of nitrogens with one attached hydrogen (secondary N) is 1. The van der Waals surface area contributed by atoms with Gasteiger partial charge in [-0.1, -0.05) is 0 Å². The van der Waals surface area contributed by atoms with Crippen LogP contribution in [0.4, 0.5) is 0 Å². The van der Waals surface area contributed by atoms with Gasteiger partial charge in [0.2, 0.25) is 5.91 Å². The van der Waals surface area contributed by atoms with Crippen LogP contribution in [0.15, 0.2) is 0 Å². The number of aromatic amines is 1. The zero-order chi connectivity index (χ0) is 13.1. The molecule has 1 atom stereocenters. The summed E-state index contributed by atoms with van der Waals surface area (Å²) in [5.41, 5.74) is 2.93. The van der Waals surface area contributed by atoms with Crippen molar-refractivity contribution < 1.29 is 9.53 Å². The number of carbonyl (C=O) groups is 1. The summed E-state index contributed by atoms with van der Waals surface area (Å²) in [6.07, 6.45) is 1.60. The monoisotopic (exact) mass is 251 g/mol. The van der Waals surface area contributed by atoms with Crippen LogP contribution in [0.2, 0.25) is 0 Å². The summed E-state index contributed by atoms with van der Waals surface area (Å²) in [6.45, 7) is 8.12. The van der Waals surface area contributed by atoms with Gasteiger partial charge in [-0.2, -0.15) is 5.10 Å². The quantitative estimate of drug-likeness (QED) is 0.875. The molecule has 0 aromatic carbocycles. The number of H-pyrrole nitrogens is 1. The summed E-state index contributed by atoms with van der Waals surface area (Å²) in [5.74, 6) is 0.171. The minimum absolute atomic E-state index is 0.171. The second-order valence-electron chi connectivity index (χ2n) is 4.80. The Hall–Kier alpha value is -1.36. The van der Waals surface area contributed by atoms with Crippen molar-refractivity contribution in [3.8, 4) is 0 Å². The van der Waals surface area contributed by atoms with E-state index in [2.05, 4.69) is 10.2 Å². The third kappa shape index (κ3) is 2.72. The number of amides is 1. The highest BCUT2D eigenvalue weighted by molar-refractivity contribution is 5.79. The average Bonchev–Trinajstić information content (AvgIpc) is 2.91. The molecule has 0 bridgehead atoms. The summed E-state index contributed by atoms with van der Waals surface area (Å²) >= 11 is 0. The van der Waals surface area contributed by atoms with Crippen LogP contribution in [0.25, 0.3) is 0 Å². The highest BCUT2D eigenvalue weighted by atomic mass is 16.5. The lowest BCUT2D eigenvalue weighted by Gasteiger charge is -2.16. The predicted octanol–water partition coefficient (Wildman–Crippen LogP) is 1.21. The van der Waals surface area contributed by atoms with Gasteiger partial charge in [-0.05, 0) is 27.2 Å². The van der Waals surface area contributed by atoms with Gasteiger partial charge in [-0.15, -0.1) is 0 Å². The van der Waals surface area contributed by atoms with Crippen LogP contribution in [0.5, 0.6) is 0 Å². The third-order valence-electron chi connectivity index (χ3n) is 3.51. The summed E-state index contributed by atoms with van der Waals surface area (Å²) in [6, 6.07) is 0. The molecule has 100 valence electrons. The smallest absolute Gasteiger partial charge is 0.227 e. The molecule has 5 heteroatoms. The van der Waals surface area contributed by atoms with Crippen molar-refractivity contribution in [1.82, 2.24) is 15.1 Å². The largest absolute Gasteiger partial charge is 0.377 e. The van der Waals surface area contributed by atoms with Gasteiger partial charge in [-0.3, -0.25) is 9.89 Å². The maximum atomic E-state index is 12.2. The van der Waals surface area contributed by atoms with Crippen LogP contribution in [0, 0.1) is 13.8 Å². The Labute approximate surface area is 108 Å². The number of likely N-dealkylation sites (tertiary alicyclic amines) is 1. The number of aromatic nitrogens is 2. The van der Waals surface area contributed by atoms with E-state index < -0.39 is 0 Å². The second kappa shape index (κ2) is 5.52. The van der Waals surface area contributed by atoms with E-state index in [0.29, 0.717) is 13.0 Å². The van der Waals surface area contributed by atoms with Crippen LogP contribution in [-0.4, -0.2) is 46.8 Å². The first-order chi connectivity index (χ1) is 8.61. The van der Waals surface area contributed by atoms with Crippen LogP contribution < -0.4 is 0 Å². The van der Waals surface area contributed by atoms with Gasteiger partial charge in [0.05, 0.1) is 18.2 Å². The van der Waals surface area contributed by atoms with Gasteiger partial charge in [-0.25, -0.2) is 0 Å². The zero-order valence-corrected chi connectivity index (χ0v) is 11.3. The fourth-order valence-electron chi connectivity index (χ4n) is 2.42. The summed E-state index contributed by atoms with van der Waals surface area (Å²) in [5, 5.41) is 7.04. The van der Waals surface area contributed by atoms with E-state index in [0.717, 1.165) is 36.5 Å². The molecule has 0 saturated carbocycles. The lowest BCUT2D eigenvalue weighted by atomic mass is 10.1. The van der Waals surface area contributed by atoms with E-state index in [1.54, 1.807) is 0 Å². The number of ether oxygens (including phenoxy) is 1. The Morgan fingerprint density at radius 1 is 1.56 bits per heavy atom. The summed E-state index contributed by atoms with van der Waals surface area (Å²) < 4.78 is 5.55. The molecule has 1 fully saturated rings. The lowest BCUT2D eigenvalue weighted by Crippen LogP contribution is -2.31. The second-order valence-corrected chi connectivity index (χ2v) is 4.80. The van der Waals surface area contributed by atoms with E-state index in [9.17, 15) is 4.79 Å². The molecule has 1 saturated heterocycles. The molecule has 1 amide bonds. The Morgan fingerprint density at radius 3 is 2.94 bits per heavy atom. The Kier molecular flexibility index (Phi) is 4.01. The van der Waals surface area contributed by atoms with Crippen LogP contribution >= 0.6 is 0 Å². The van der Waals surface area contributed by atoms with E-state index in [1.807, 2.05) is 25.7 Å². The molecular weight excluding hydrogens is 230 g/mol. The molecule has 1 aliphatic heterocycles. The van der Waals surface area contributed by atoms with Gasteiger partial charge in [0, 0.05) is 31.0 Å². The normalized spacial score (nSPS) is 19.5. The number of hydrogen-bond acceptors (Lipinski definition) is 3. The minimum Gasteiger partial charge on any atom is -0.377 e. The van der Waals surface area contributed by atoms with Crippen LogP contribution in [0.1, 0.15) is 30.3 Å². The van der Waals surface area contributed by atoms with E-state index in [-0.39, 0.29) is 12.0 Å². The molecule has 2 rings (SSSR count). The number of nitrogens with zero attached hydrogens (tertiary/aromatic N) is 2. The average molecular weight is 251 g/mol. The first-order valence-electron chi connectivity index (χ1n) is 6.51. The van der Waals surface area contributed by atoms with Crippen molar-refractivity contribution in [3.63, 3.8) is 0 Å². The van der Waals surface area contributed by atoms with Gasteiger partial charge >= 0.3 is 0 Å². The maximum Gasteiger partial charge on any atom is 0.227 e. The standard InChI is InChI=1S/C13H21N3O2/c1-4-18-11-5-6-16(8-11)13(17)7-12-9(2)14-15-10(12)3/h11H,4-8H2,1-3H3,(H,14,15)/t11-/m0/s1. The molecule has 1 aromatic heterocycles. The fraction of sp³-hybridized carbons (Fsp3) is 0.692. The molecule has 5 nitrogen and oxygen atoms in total. The Balaban J connectivity index is 1.93. The fourth-order valence-corrected chi connectivity index (χ4v) is 2.42. The number of hydrogen-bond donors (Lipinski definition) is 1. The SMILES string of the molecule is CCO[C@H]1CCN(C(=O)Cc2c(C)n[nH]c2C)C1. The Morgan fingerprint density at radius 2 is 2.33 bits per heavy atom. The minimum atomic E-state index is 0.171. The molecule has 0 radical (unpaired) electrons. The number of rotatable bonds is 4. The first kappa shape index (κ1) is 13.1. The van der Waals surface area contributed by atoms with Crippen molar-refractivity contribution in [3.05, 3.63) is 17.0 Å². The summed E-state index contributed by atoms with van der Waals surface area (Å²) in [4.78, 5) is 14.1. The maximum absolute atomic E-state index is 12.2. The highest BCUT2D eigenvalue weighted by Crippen LogP contribution is 2.16.